The minimum Gasteiger partial charge on any atom is -0.481 e. The molecule has 0 aliphatic carbocycles. The topological polar surface area (TPSA) is 83.4 Å². The molecule has 0 radical (unpaired) electrons. The number of hydrogen-bond acceptors (Lipinski definition) is 5. The molecule has 1 saturated heterocycles. The number of carboxylic acid groups (broad SMARTS) is 1. The molecule has 7 heteroatoms. The van der Waals surface area contributed by atoms with Crippen LogP contribution in [0.15, 0.2) is 6.20 Å². The highest BCUT2D eigenvalue weighted by Crippen LogP contribution is 2.34. The second-order valence-corrected chi connectivity index (χ2v) is 5.34. The van der Waals surface area contributed by atoms with Crippen molar-refractivity contribution in [2.75, 3.05) is 13.1 Å². The first-order valence-electron chi connectivity index (χ1n) is 5.89. The SMILES string of the molecule is CCC1(C(=O)O)CCCN(C(=O)c2cnns2)C1. The first-order chi connectivity index (χ1) is 8.59. The number of nitrogens with zero attached hydrogens (tertiary/aromatic N) is 3. The number of aromatic nitrogens is 2. The Hall–Kier alpha value is -1.50. The molecule has 6 nitrogen and oxygen atoms in total. The second kappa shape index (κ2) is 5.01. The molecule has 1 aromatic heterocycles. The smallest absolute Gasteiger partial charge is 0.311 e. The van der Waals surface area contributed by atoms with E-state index in [1.807, 2.05) is 6.92 Å². The lowest BCUT2D eigenvalue weighted by molar-refractivity contribution is -0.152. The molecule has 1 aliphatic rings. The lowest BCUT2D eigenvalue weighted by atomic mass is 9.77. The van der Waals surface area contributed by atoms with Crippen LogP contribution in [0.3, 0.4) is 0 Å². The number of amides is 1. The van der Waals surface area contributed by atoms with Crippen molar-refractivity contribution >= 4 is 23.4 Å². The number of carbonyl (C=O) groups excluding carboxylic acids is 1. The van der Waals surface area contributed by atoms with Gasteiger partial charge in [-0.3, -0.25) is 9.59 Å². The van der Waals surface area contributed by atoms with Gasteiger partial charge in [0.05, 0.1) is 11.6 Å². The van der Waals surface area contributed by atoms with E-state index >= 15 is 0 Å². The Morgan fingerprint density at radius 3 is 2.94 bits per heavy atom. The Morgan fingerprint density at radius 1 is 1.61 bits per heavy atom. The minimum atomic E-state index is -0.815. The summed E-state index contributed by atoms with van der Waals surface area (Å²) in [7, 11) is 0. The molecule has 1 unspecified atom stereocenters. The van der Waals surface area contributed by atoms with Crippen LogP contribution in [-0.2, 0) is 4.79 Å². The van der Waals surface area contributed by atoms with E-state index in [1.54, 1.807) is 4.90 Å². The number of piperidine rings is 1. The molecule has 1 atom stereocenters. The van der Waals surface area contributed by atoms with Gasteiger partial charge in [-0.05, 0) is 30.8 Å². The first-order valence-corrected chi connectivity index (χ1v) is 6.66. The third kappa shape index (κ3) is 2.22. The summed E-state index contributed by atoms with van der Waals surface area (Å²) in [5, 5.41) is 13.0. The maximum atomic E-state index is 12.2. The zero-order valence-corrected chi connectivity index (χ0v) is 10.9. The van der Waals surface area contributed by atoms with E-state index in [1.165, 1.54) is 6.20 Å². The van der Waals surface area contributed by atoms with Crippen molar-refractivity contribution in [1.82, 2.24) is 14.5 Å². The van der Waals surface area contributed by atoms with Crippen molar-refractivity contribution in [2.24, 2.45) is 5.41 Å². The number of likely N-dealkylation sites (tertiary alicyclic amines) is 1. The summed E-state index contributed by atoms with van der Waals surface area (Å²) in [6.07, 6.45) is 3.31. The van der Waals surface area contributed by atoms with Crippen LogP contribution in [0.5, 0.6) is 0 Å². The maximum Gasteiger partial charge on any atom is 0.311 e. The number of rotatable bonds is 3. The molecule has 1 fully saturated rings. The Morgan fingerprint density at radius 2 is 2.39 bits per heavy atom. The quantitative estimate of drug-likeness (QED) is 0.893. The molecule has 0 bridgehead atoms. The number of carboxylic acids is 1. The number of aliphatic carboxylic acids is 1. The van der Waals surface area contributed by atoms with Crippen LogP contribution in [0, 0.1) is 5.41 Å². The third-order valence-electron chi connectivity index (χ3n) is 3.57. The molecule has 0 spiro atoms. The summed E-state index contributed by atoms with van der Waals surface area (Å²) in [6, 6.07) is 0. The van der Waals surface area contributed by atoms with E-state index in [0.717, 1.165) is 18.0 Å². The summed E-state index contributed by atoms with van der Waals surface area (Å²) in [6.45, 7) is 2.73. The van der Waals surface area contributed by atoms with E-state index in [-0.39, 0.29) is 12.5 Å². The van der Waals surface area contributed by atoms with Gasteiger partial charge >= 0.3 is 5.97 Å². The summed E-state index contributed by atoms with van der Waals surface area (Å²) >= 11 is 1.04. The minimum absolute atomic E-state index is 0.163. The van der Waals surface area contributed by atoms with Gasteiger partial charge in [0.25, 0.3) is 5.91 Å². The molecule has 2 rings (SSSR count). The Kier molecular flexibility index (Phi) is 3.60. The molecule has 18 heavy (non-hydrogen) atoms. The van der Waals surface area contributed by atoms with Crippen LogP contribution in [0.4, 0.5) is 0 Å². The van der Waals surface area contributed by atoms with Crippen molar-refractivity contribution in [2.45, 2.75) is 26.2 Å². The highest BCUT2D eigenvalue weighted by Gasteiger charge is 2.42. The van der Waals surface area contributed by atoms with Gasteiger partial charge in [0, 0.05) is 13.1 Å². The molecule has 1 aliphatic heterocycles. The molecule has 1 N–H and O–H groups in total. The highest BCUT2D eigenvalue weighted by atomic mass is 32.1. The summed E-state index contributed by atoms with van der Waals surface area (Å²) in [5.41, 5.74) is -0.800. The average molecular weight is 269 g/mol. The summed E-state index contributed by atoms with van der Waals surface area (Å²) < 4.78 is 3.66. The van der Waals surface area contributed by atoms with Gasteiger partial charge in [0.1, 0.15) is 4.88 Å². The normalized spacial score (nSPS) is 23.9. The van der Waals surface area contributed by atoms with E-state index in [0.29, 0.717) is 24.3 Å². The first kappa shape index (κ1) is 12.9. The zero-order valence-electron chi connectivity index (χ0n) is 10.1. The second-order valence-electron chi connectivity index (χ2n) is 4.55. The monoisotopic (exact) mass is 269 g/mol. The number of hydrogen-bond donors (Lipinski definition) is 1. The fraction of sp³-hybridized carbons (Fsp3) is 0.636. The predicted octanol–water partition coefficient (Wildman–Crippen LogP) is 1.26. The fourth-order valence-corrected chi connectivity index (χ4v) is 2.82. The molecule has 2 heterocycles. The van der Waals surface area contributed by atoms with E-state index in [4.69, 9.17) is 0 Å². The molecule has 0 saturated carbocycles. The Labute approximate surface area is 109 Å². The van der Waals surface area contributed by atoms with Gasteiger partial charge in [-0.1, -0.05) is 11.4 Å². The van der Waals surface area contributed by atoms with Crippen LogP contribution in [-0.4, -0.2) is 44.6 Å². The van der Waals surface area contributed by atoms with Crippen molar-refractivity contribution in [3.05, 3.63) is 11.1 Å². The lowest BCUT2D eigenvalue weighted by Gasteiger charge is -2.39. The van der Waals surface area contributed by atoms with Crippen LogP contribution >= 0.6 is 11.5 Å². The van der Waals surface area contributed by atoms with Crippen LogP contribution in [0.25, 0.3) is 0 Å². The van der Waals surface area contributed by atoms with Gasteiger partial charge in [0.15, 0.2) is 0 Å². The van der Waals surface area contributed by atoms with Gasteiger partial charge in [0.2, 0.25) is 0 Å². The highest BCUT2D eigenvalue weighted by molar-refractivity contribution is 7.07. The summed E-state index contributed by atoms with van der Waals surface area (Å²) in [4.78, 5) is 25.6. The maximum absolute atomic E-state index is 12.2. The van der Waals surface area contributed by atoms with E-state index in [9.17, 15) is 14.7 Å². The van der Waals surface area contributed by atoms with Crippen molar-refractivity contribution in [3.8, 4) is 0 Å². The van der Waals surface area contributed by atoms with Crippen molar-refractivity contribution in [1.29, 1.82) is 0 Å². The van der Waals surface area contributed by atoms with Crippen LogP contribution in [0.1, 0.15) is 35.9 Å². The van der Waals surface area contributed by atoms with Gasteiger partial charge in [-0.25, -0.2) is 0 Å². The molecule has 1 aromatic rings. The lowest BCUT2D eigenvalue weighted by Crippen LogP contribution is -2.49. The molecule has 0 aromatic carbocycles. The molecular formula is C11H15N3O3S. The third-order valence-corrected chi connectivity index (χ3v) is 4.22. The summed E-state index contributed by atoms with van der Waals surface area (Å²) in [5.74, 6) is -0.978. The number of carbonyl (C=O) groups is 2. The fourth-order valence-electron chi connectivity index (χ4n) is 2.34. The predicted molar refractivity (Wildman–Crippen MR) is 65.4 cm³/mol. The van der Waals surface area contributed by atoms with E-state index < -0.39 is 11.4 Å². The largest absolute Gasteiger partial charge is 0.481 e. The zero-order chi connectivity index (χ0) is 13.2. The molecule has 98 valence electrons. The Balaban J connectivity index is 2.16. The van der Waals surface area contributed by atoms with Crippen LogP contribution in [0.2, 0.25) is 0 Å². The van der Waals surface area contributed by atoms with Crippen molar-refractivity contribution < 1.29 is 14.7 Å². The molecule has 1 amide bonds. The van der Waals surface area contributed by atoms with Crippen molar-refractivity contribution in [3.63, 3.8) is 0 Å². The van der Waals surface area contributed by atoms with Gasteiger partial charge in [-0.15, -0.1) is 5.10 Å². The van der Waals surface area contributed by atoms with Gasteiger partial charge in [-0.2, -0.15) is 0 Å². The average Bonchev–Trinajstić information content (AvgIpc) is 2.91. The molecular weight excluding hydrogens is 254 g/mol. The van der Waals surface area contributed by atoms with Gasteiger partial charge < -0.3 is 10.0 Å². The van der Waals surface area contributed by atoms with Crippen LogP contribution < -0.4 is 0 Å². The standard InChI is InChI=1S/C11H15N3O3S/c1-2-11(10(16)17)4-3-5-14(7-11)9(15)8-6-12-13-18-8/h6H,2-5,7H2,1H3,(H,16,17). The van der Waals surface area contributed by atoms with E-state index in [2.05, 4.69) is 9.59 Å². The Bertz CT molecular complexity index is 448.